The van der Waals surface area contributed by atoms with E-state index in [2.05, 4.69) is 61.7 Å². The standard InChI is InChI=1S/C12H14IN5/c1-7(2)10-9(13)12(14-3)18-11(17-10)8-4-5-15-6-16-8/h4-7H,1-3H3,(H,14,17,18). The minimum absolute atomic E-state index is 0.340. The molecular weight excluding hydrogens is 341 g/mol. The van der Waals surface area contributed by atoms with Crippen LogP contribution in [-0.2, 0) is 0 Å². The minimum atomic E-state index is 0.340. The van der Waals surface area contributed by atoms with Crippen molar-refractivity contribution in [3.63, 3.8) is 0 Å². The molecule has 0 aliphatic carbocycles. The summed E-state index contributed by atoms with van der Waals surface area (Å²) in [5.74, 6) is 1.81. The van der Waals surface area contributed by atoms with Crippen molar-refractivity contribution in [2.24, 2.45) is 0 Å². The Kier molecular flexibility index (Phi) is 4.05. The molecule has 0 radical (unpaired) electrons. The van der Waals surface area contributed by atoms with Gasteiger partial charge in [0.25, 0.3) is 0 Å². The molecule has 0 fully saturated rings. The molecule has 2 rings (SSSR count). The highest BCUT2D eigenvalue weighted by molar-refractivity contribution is 14.1. The summed E-state index contributed by atoms with van der Waals surface area (Å²) in [4.78, 5) is 17.2. The molecule has 0 atom stereocenters. The molecule has 2 aromatic heterocycles. The van der Waals surface area contributed by atoms with Crippen molar-refractivity contribution >= 4 is 28.4 Å². The Morgan fingerprint density at radius 2 is 2.06 bits per heavy atom. The fourth-order valence-corrected chi connectivity index (χ4v) is 2.68. The molecule has 0 aromatic carbocycles. The zero-order valence-electron chi connectivity index (χ0n) is 10.5. The van der Waals surface area contributed by atoms with Gasteiger partial charge in [-0.3, -0.25) is 0 Å². The molecule has 6 heteroatoms. The first kappa shape index (κ1) is 13.1. The first-order valence-corrected chi connectivity index (χ1v) is 6.73. The Morgan fingerprint density at radius 1 is 1.28 bits per heavy atom. The molecule has 0 aliphatic heterocycles. The number of hydrogen-bond donors (Lipinski definition) is 1. The Hall–Kier alpha value is -1.31. The molecule has 0 saturated heterocycles. The van der Waals surface area contributed by atoms with Crippen LogP contribution in [0.3, 0.4) is 0 Å². The Labute approximate surface area is 120 Å². The SMILES string of the molecule is CNc1nc(-c2ccncn2)nc(C(C)C)c1I. The summed E-state index contributed by atoms with van der Waals surface area (Å²) in [5.41, 5.74) is 1.77. The van der Waals surface area contributed by atoms with Gasteiger partial charge in [-0.2, -0.15) is 0 Å². The van der Waals surface area contributed by atoms with E-state index in [9.17, 15) is 0 Å². The van der Waals surface area contributed by atoms with Crippen molar-refractivity contribution in [1.29, 1.82) is 0 Å². The fourth-order valence-electron chi connectivity index (χ4n) is 1.55. The highest BCUT2D eigenvalue weighted by Crippen LogP contribution is 2.27. The summed E-state index contributed by atoms with van der Waals surface area (Å²) in [7, 11) is 1.86. The molecule has 5 nitrogen and oxygen atoms in total. The molecule has 18 heavy (non-hydrogen) atoms. The Balaban J connectivity index is 2.59. The summed E-state index contributed by atoms with van der Waals surface area (Å²) in [6.45, 7) is 4.24. The molecule has 1 N–H and O–H groups in total. The summed E-state index contributed by atoms with van der Waals surface area (Å²) in [6, 6.07) is 1.81. The van der Waals surface area contributed by atoms with E-state index >= 15 is 0 Å². The third kappa shape index (κ3) is 2.58. The van der Waals surface area contributed by atoms with Crippen LogP contribution in [0.2, 0.25) is 0 Å². The third-order valence-corrected chi connectivity index (χ3v) is 3.54. The summed E-state index contributed by atoms with van der Waals surface area (Å²) < 4.78 is 1.06. The highest BCUT2D eigenvalue weighted by Gasteiger charge is 2.15. The molecule has 0 saturated carbocycles. The Morgan fingerprint density at radius 3 is 2.61 bits per heavy atom. The predicted octanol–water partition coefficient (Wildman–Crippen LogP) is 2.70. The molecule has 2 aromatic rings. The zero-order valence-corrected chi connectivity index (χ0v) is 12.6. The Bertz CT molecular complexity index is 542. The van der Waals surface area contributed by atoms with Gasteiger partial charge in [0, 0.05) is 13.2 Å². The van der Waals surface area contributed by atoms with Crippen molar-refractivity contribution in [2.45, 2.75) is 19.8 Å². The molecule has 2 heterocycles. The molecule has 0 bridgehead atoms. The molecule has 0 amide bonds. The molecule has 0 spiro atoms. The average Bonchev–Trinajstić information content (AvgIpc) is 2.39. The zero-order chi connectivity index (χ0) is 13.1. The van der Waals surface area contributed by atoms with Gasteiger partial charge in [0.05, 0.1) is 9.26 Å². The quantitative estimate of drug-likeness (QED) is 0.858. The van der Waals surface area contributed by atoms with E-state index in [0.717, 1.165) is 20.8 Å². The van der Waals surface area contributed by atoms with Gasteiger partial charge in [-0.15, -0.1) is 0 Å². The lowest BCUT2D eigenvalue weighted by Crippen LogP contribution is -2.07. The molecule has 0 aliphatic rings. The van der Waals surface area contributed by atoms with Crippen molar-refractivity contribution in [3.05, 3.63) is 27.9 Å². The number of nitrogens with zero attached hydrogens (tertiary/aromatic N) is 4. The lowest BCUT2D eigenvalue weighted by atomic mass is 10.1. The third-order valence-electron chi connectivity index (χ3n) is 2.47. The second kappa shape index (κ2) is 5.55. The van der Waals surface area contributed by atoms with E-state index in [1.807, 2.05) is 13.1 Å². The highest BCUT2D eigenvalue weighted by atomic mass is 127. The predicted molar refractivity (Wildman–Crippen MR) is 79.4 cm³/mol. The summed E-state index contributed by atoms with van der Waals surface area (Å²) in [5, 5.41) is 3.10. The van der Waals surface area contributed by atoms with Gasteiger partial charge in [-0.1, -0.05) is 13.8 Å². The number of aromatic nitrogens is 4. The first-order chi connectivity index (χ1) is 8.63. The van der Waals surface area contributed by atoms with Gasteiger partial charge in [0.2, 0.25) is 0 Å². The summed E-state index contributed by atoms with van der Waals surface area (Å²) in [6.07, 6.45) is 3.20. The van der Waals surface area contributed by atoms with Crippen LogP contribution in [-0.4, -0.2) is 27.0 Å². The smallest absolute Gasteiger partial charge is 0.180 e. The van der Waals surface area contributed by atoms with Gasteiger partial charge in [-0.05, 0) is 34.6 Å². The first-order valence-electron chi connectivity index (χ1n) is 5.65. The van der Waals surface area contributed by atoms with Crippen LogP contribution in [0.4, 0.5) is 5.82 Å². The van der Waals surface area contributed by atoms with Crippen LogP contribution in [0.25, 0.3) is 11.5 Å². The van der Waals surface area contributed by atoms with Gasteiger partial charge in [-0.25, -0.2) is 19.9 Å². The summed E-state index contributed by atoms with van der Waals surface area (Å²) >= 11 is 2.27. The maximum atomic E-state index is 4.60. The number of rotatable bonds is 3. The van der Waals surface area contributed by atoms with Crippen molar-refractivity contribution in [1.82, 2.24) is 19.9 Å². The van der Waals surface area contributed by atoms with Gasteiger partial charge in [0.15, 0.2) is 5.82 Å². The molecule has 94 valence electrons. The monoisotopic (exact) mass is 355 g/mol. The van der Waals surface area contributed by atoms with Crippen LogP contribution in [0.5, 0.6) is 0 Å². The largest absolute Gasteiger partial charge is 0.372 e. The van der Waals surface area contributed by atoms with Crippen LogP contribution in [0, 0.1) is 3.57 Å². The van der Waals surface area contributed by atoms with Gasteiger partial charge in [0.1, 0.15) is 17.8 Å². The maximum absolute atomic E-state index is 4.60. The van der Waals surface area contributed by atoms with Gasteiger partial charge < -0.3 is 5.32 Å². The van der Waals surface area contributed by atoms with Crippen LogP contribution in [0.15, 0.2) is 18.6 Å². The van der Waals surface area contributed by atoms with Crippen molar-refractivity contribution < 1.29 is 0 Å². The van der Waals surface area contributed by atoms with Gasteiger partial charge >= 0.3 is 0 Å². The normalized spacial score (nSPS) is 10.7. The van der Waals surface area contributed by atoms with E-state index in [1.165, 1.54) is 6.33 Å². The van der Waals surface area contributed by atoms with Crippen molar-refractivity contribution in [3.8, 4) is 11.5 Å². The topological polar surface area (TPSA) is 63.6 Å². The van der Waals surface area contributed by atoms with E-state index in [1.54, 1.807) is 6.20 Å². The number of nitrogens with one attached hydrogen (secondary N) is 1. The second-order valence-corrected chi connectivity index (χ2v) is 5.17. The second-order valence-electron chi connectivity index (χ2n) is 4.09. The molecule has 0 unspecified atom stereocenters. The number of hydrogen-bond acceptors (Lipinski definition) is 5. The average molecular weight is 355 g/mol. The maximum Gasteiger partial charge on any atom is 0.180 e. The van der Waals surface area contributed by atoms with Crippen LogP contribution >= 0.6 is 22.6 Å². The van der Waals surface area contributed by atoms with E-state index in [-0.39, 0.29) is 0 Å². The fraction of sp³-hybridized carbons (Fsp3) is 0.333. The van der Waals surface area contributed by atoms with Crippen LogP contribution in [0.1, 0.15) is 25.5 Å². The van der Waals surface area contributed by atoms with E-state index in [0.29, 0.717) is 11.7 Å². The van der Waals surface area contributed by atoms with E-state index in [4.69, 9.17) is 0 Å². The lowest BCUT2D eigenvalue weighted by Gasteiger charge is -2.12. The van der Waals surface area contributed by atoms with E-state index < -0.39 is 0 Å². The number of halogens is 1. The lowest BCUT2D eigenvalue weighted by molar-refractivity contribution is 0.808. The molecular formula is C12H14IN5. The number of anilines is 1. The van der Waals surface area contributed by atoms with Crippen LogP contribution < -0.4 is 5.32 Å². The van der Waals surface area contributed by atoms with Crippen molar-refractivity contribution in [2.75, 3.05) is 12.4 Å². The minimum Gasteiger partial charge on any atom is -0.372 e.